The summed E-state index contributed by atoms with van der Waals surface area (Å²) in [7, 11) is 0. The van der Waals surface area contributed by atoms with E-state index in [0.717, 1.165) is 19.6 Å². The molecule has 59 valence electrons. The lowest BCUT2D eigenvalue weighted by molar-refractivity contribution is 0.399. The van der Waals surface area contributed by atoms with Crippen LogP contribution in [-0.4, -0.2) is 25.7 Å². The van der Waals surface area contributed by atoms with Crippen LogP contribution in [0.3, 0.4) is 0 Å². The maximum Gasteiger partial charge on any atom is 0.0193 e. The van der Waals surface area contributed by atoms with E-state index in [9.17, 15) is 0 Å². The average Bonchev–Trinajstić information content (AvgIpc) is 2.03. The van der Waals surface area contributed by atoms with E-state index in [1.807, 2.05) is 0 Å². The van der Waals surface area contributed by atoms with Crippen molar-refractivity contribution in [3.8, 4) is 0 Å². The van der Waals surface area contributed by atoms with Gasteiger partial charge in [-0.3, -0.25) is 0 Å². The van der Waals surface area contributed by atoms with E-state index in [4.69, 9.17) is 0 Å². The third-order valence-corrected chi connectivity index (χ3v) is 1.93. The highest BCUT2D eigenvalue weighted by molar-refractivity contribution is 4.76. The molecule has 1 atom stereocenters. The summed E-state index contributed by atoms with van der Waals surface area (Å²) < 4.78 is 0. The van der Waals surface area contributed by atoms with Crippen LogP contribution in [0.5, 0.6) is 0 Å². The zero-order valence-electron chi connectivity index (χ0n) is 6.69. The van der Waals surface area contributed by atoms with Gasteiger partial charge in [0.1, 0.15) is 0 Å². The number of unbranched alkanes of at least 4 members (excludes halogenated alkanes) is 1. The van der Waals surface area contributed by atoms with Gasteiger partial charge in [0.25, 0.3) is 0 Å². The van der Waals surface area contributed by atoms with E-state index in [0.29, 0.717) is 6.04 Å². The number of piperazine rings is 1. The summed E-state index contributed by atoms with van der Waals surface area (Å²) in [5.74, 6) is 0. The molecule has 1 aliphatic rings. The fourth-order valence-electron chi connectivity index (χ4n) is 1.29. The van der Waals surface area contributed by atoms with Gasteiger partial charge < -0.3 is 10.6 Å². The molecule has 1 unspecified atom stereocenters. The minimum Gasteiger partial charge on any atom is -0.314 e. The van der Waals surface area contributed by atoms with Gasteiger partial charge in [-0.05, 0) is 19.3 Å². The lowest BCUT2D eigenvalue weighted by atomic mass is 10.1. The van der Waals surface area contributed by atoms with Gasteiger partial charge in [-0.15, -0.1) is 0 Å². The van der Waals surface area contributed by atoms with Gasteiger partial charge in [0.15, 0.2) is 0 Å². The summed E-state index contributed by atoms with van der Waals surface area (Å²) in [5, 5.41) is 6.84. The fourth-order valence-corrected chi connectivity index (χ4v) is 1.29. The summed E-state index contributed by atoms with van der Waals surface area (Å²) in [6, 6.07) is 0.713. The van der Waals surface area contributed by atoms with Crippen LogP contribution in [0.15, 0.2) is 0 Å². The Balaban J connectivity index is 2.02. The molecule has 1 heterocycles. The van der Waals surface area contributed by atoms with E-state index in [1.54, 1.807) is 0 Å². The third-order valence-electron chi connectivity index (χ3n) is 1.93. The third kappa shape index (κ3) is 2.67. The Kier molecular flexibility index (Phi) is 3.76. The topological polar surface area (TPSA) is 24.1 Å². The molecule has 0 saturated carbocycles. The van der Waals surface area contributed by atoms with E-state index in [1.165, 1.54) is 12.8 Å². The van der Waals surface area contributed by atoms with Gasteiger partial charge in [0, 0.05) is 25.7 Å². The average molecular weight is 141 g/mol. The second kappa shape index (κ2) is 4.69. The molecule has 0 aliphatic carbocycles. The van der Waals surface area contributed by atoms with Crippen molar-refractivity contribution in [3.05, 3.63) is 6.42 Å². The van der Waals surface area contributed by atoms with Crippen molar-refractivity contribution in [2.45, 2.75) is 25.8 Å². The smallest absolute Gasteiger partial charge is 0.0193 e. The van der Waals surface area contributed by atoms with E-state index < -0.39 is 0 Å². The standard InChI is InChI=1S/C8H17N2/c1-2-3-4-8-7-9-5-6-10-8/h2,8-10H,3-7H2,1H3. The highest BCUT2D eigenvalue weighted by Gasteiger charge is 2.09. The molecule has 1 rings (SSSR count). The zero-order valence-corrected chi connectivity index (χ0v) is 6.69. The second-order valence-corrected chi connectivity index (χ2v) is 2.84. The molecule has 1 saturated heterocycles. The van der Waals surface area contributed by atoms with Crippen LogP contribution >= 0.6 is 0 Å². The first kappa shape index (κ1) is 8.02. The molecule has 0 spiro atoms. The van der Waals surface area contributed by atoms with Gasteiger partial charge in [0.05, 0.1) is 0 Å². The number of hydrogen-bond donors (Lipinski definition) is 2. The Bertz CT molecular complexity index is 77.3. The van der Waals surface area contributed by atoms with E-state index in [2.05, 4.69) is 24.0 Å². The highest BCUT2D eigenvalue weighted by Crippen LogP contribution is 1.99. The molecule has 2 N–H and O–H groups in total. The molecule has 0 aromatic rings. The van der Waals surface area contributed by atoms with E-state index >= 15 is 0 Å². The van der Waals surface area contributed by atoms with Crippen molar-refractivity contribution < 1.29 is 0 Å². The SMILES string of the molecule is C[CH]CCC1CNCCN1. The monoisotopic (exact) mass is 141 g/mol. The molecular formula is C8H17N2. The predicted octanol–water partition coefficient (Wildman–Crippen LogP) is 0.552. The van der Waals surface area contributed by atoms with Crippen molar-refractivity contribution in [2.24, 2.45) is 0 Å². The van der Waals surface area contributed by atoms with Gasteiger partial charge in [-0.1, -0.05) is 6.92 Å². The minimum atomic E-state index is 0.713. The normalized spacial score (nSPS) is 26.7. The molecule has 0 aromatic carbocycles. The first-order chi connectivity index (χ1) is 4.93. The molecule has 2 heteroatoms. The number of hydrogen-bond acceptors (Lipinski definition) is 2. The van der Waals surface area contributed by atoms with Crippen LogP contribution in [0, 0.1) is 6.42 Å². The molecule has 1 radical (unpaired) electrons. The van der Waals surface area contributed by atoms with Crippen molar-refractivity contribution >= 4 is 0 Å². The van der Waals surface area contributed by atoms with E-state index in [-0.39, 0.29) is 0 Å². The summed E-state index contributed by atoms with van der Waals surface area (Å²) in [6.45, 7) is 5.53. The summed E-state index contributed by atoms with van der Waals surface area (Å²) in [5.41, 5.74) is 0. The van der Waals surface area contributed by atoms with Gasteiger partial charge in [0.2, 0.25) is 0 Å². The summed E-state index contributed by atoms with van der Waals surface area (Å²) >= 11 is 0. The van der Waals surface area contributed by atoms with Crippen LogP contribution < -0.4 is 10.6 Å². The minimum absolute atomic E-state index is 0.713. The van der Waals surface area contributed by atoms with Crippen LogP contribution in [0.1, 0.15) is 19.8 Å². The molecule has 2 nitrogen and oxygen atoms in total. The Labute approximate surface area is 63.4 Å². The molecule has 1 fully saturated rings. The maximum absolute atomic E-state index is 3.47. The maximum atomic E-state index is 3.47. The Morgan fingerprint density at radius 2 is 2.40 bits per heavy atom. The Hall–Kier alpha value is -0.0800. The fraction of sp³-hybridized carbons (Fsp3) is 0.875. The predicted molar refractivity (Wildman–Crippen MR) is 43.9 cm³/mol. The van der Waals surface area contributed by atoms with Crippen LogP contribution in [0.25, 0.3) is 0 Å². The highest BCUT2D eigenvalue weighted by atomic mass is 15.0. The van der Waals surface area contributed by atoms with Crippen LogP contribution in [-0.2, 0) is 0 Å². The molecular weight excluding hydrogens is 124 g/mol. The molecule has 10 heavy (non-hydrogen) atoms. The van der Waals surface area contributed by atoms with Gasteiger partial charge >= 0.3 is 0 Å². The largest absolute Gasteiger partial charge is 0.314 e. The first-order valence-electron chi connectivity index (χ1n) is 4.15. The van der Waals surface area contributed by atoms with Gasteiger partial charge in [-0.25, -0.2) is 0 Å². The van der Waals surface area contributed by atoms with Crippen molar-refractivity contribution in [2.75, 3.05) is 19.6 Å². The number of rotatable bonds is 3. The van der Waals surface area contributed by atoms with Crippen LogP contribution in [0.2, 0.25) is 0 Å². The number of nitrogens with one attached hydrogen (secondary N) is 2. The lowest BCUT2D eigenvalue weighted by Gasteiger charge is -2.24. The lowest BCUT2D eigenvalue weighted by Crippen LogP contribution is -2.48. The van der Waals surface area contributed by atoms with Gasteiger partial charge in [-0.2, -0.15) is 0 Å². The van der Waals surface area contributed by atoms with Crippen molar-refractivity contribution in [1.82, 2.24) is 10.6 Å². The molecule has 0 bridgehead atoms. The molecule has 1 aliphatic heterocycles. The quantitative estimate of drug-likeness (QED) is 0.600. The molecule has 0 aromatic heterocycles. The summed E-state index contributed by atoms with van der Waals surface area (Å²) in [4.78, 5) is 0. The van der Waals surface area contributed by atoms with Crippen molar-refractivity contribution in [1.29, 1.82) is 0 Å². The van der Waals surface area contributed by atoms with Crippen molar-refractivity contribution in [3.63, 3.8) is 0 Å². The Morgan fingerprint density at radius 3 is 3.00 bits per heavy atom. The second-order valence-electron chi connectivity index (χ2n) is 2.84. The summed E-state index contributed by atoms with van der Waals surface area (Å²) in [6.07, 6.45) is 4.75. The van der Waals surface area contributed by atoms with Crippen LogP contribution in [0.4, 0.5) is 0 Å². The zero-order chi connectivity index (χ0) is 7.23. The Morgan fingerprint density at radius 1 is 1.50 bits per heavy atom. The molecule has 0 amide bonds. The first-order valence-corrected chi connectivity index (χ1v) is 4.15.